The smallest absolute Gasteiger partial charge is 0.270 e. The van der Waals surface area contributed by atoms with Crippen LogP contribution in [0.1, 0.15) is 60.4 Å². The van der Waals surface area contributed by atoms with Gasteiger partial charge in [-0.2, -0.15) is 10.2 Å². The van der Waals surface area contributed by atoms with Crippen LogP contribution in [0.2, 0.25) is 0 Å². The van der Waals surface area contributed by atoms with Crippen molar-refractivity contribution in [2.24, 2.45) is 13.0 Å². The Balaban J connectivity index is 1.52. The van der Waals surface area contributed by atoms with Gasteiger partial charge < -0.3 is 15.7 Å². The largest absolute Gasteiger partial charge is 0.390 e. The number of nitrogens with one attached hydrogen (secondary N) is 3. The summed E-state index contributed by atoms with van der Waals surface area (Å²) in [6.07, 6.45) is 7.82. The number of carbonyl (C=O) groups is 2. The minimum atomic E-state index is -0.628. The molecule has 9 nitrogen and oxygen atoms in total. The van der Waals surface area contributed by atoms with Gasteiger partial charge in [0.2, 0.25) is 5.91 Å². The maximum absolute atomic E-state index is 13.4. The first-order chi connectivity index (χ1) is 16.5. The average Bonchev–Trinajstić information content (AvgIpc) is 3.32. The lowest BCUT2D eigenvalue weighted by Crippen LogP contribution is -2.48. The zero-order valence-electron chi connectivity index (χ0n) is 19.7. The van der Waals surface area contributed by atoms with Crippen molar-refractivity contribution in [1.29, 1.82) is 0 Å². The Morgan fingerprint density at radius 2 is 1.85 bits per heavy atom. The van der Waals surface area contributed by atoms with Crippen molar-refractivity contribution in [2.45, 2.75) is 58.1 Å². The van der Waals surface area contributed by atoms with Gasteiger partial charge in [0.15, 0.2) is 0 Å². The maximum atomic E-state index is 13.4. The van der Waals surface area contributed by atoms with E-state index in [1.165, 1.54) is 4.68 Å². The van der Waals surface area contributed by atoms with Crippen LogP contribution >= 0.6 is 0 Å². The van der Waals surface area contributed by atoms with Crippen LogP contribution in [0, 0.1) is 12.8 Å². The molecule has 0 bridgehead atoms. The Morgan fingerprint density at radius 1 is 1.15 bits per heavy atom. The summed E-state index contributed by atoms with van der Waals surface area (Å²) in [6.45, 7) is 1.75. The number of aromatic nitrogens is 4. The minimum Gasteiger partial charge on any atom is -0.390 e. The number of H-pyrrole nitrogens is 1. The number of hydrogen-bond acceptors (Lipinski definition) is 5. The molecule has 2 heterocycles. The third-order valence-electron chi connectivity index (χ3n) is 6.61. The zero-order chi connectivity index (χ0) is 24.1. The van der Waals surface area contributed by atoms with Gasteiger partial charge >= 0.3 is 0 Å². The lowest BCUT2D eigenvalue weighted by Gasteiger charge is -2.26. The van der Waals surface area contributed by atoms with Gasteiger partial charge in [0.25, 0.3) is 5.91 Å². The van der Waals surface area contributed by atoms with Crippen LogP contribution in [-0.4, -0.2) is 42.9 Å². The van der Waals surface area contributed by atoms with E-state index in [0.717, 1.165) is 55.3 Å². The number of aliphatic hydroxyl groups is 1. The molecule has 4 N–H and O–H groups in total. The number of rotatable bonds is 7. The highest BCUT2D eigenvalue weighted by molar-refractivity contribution is 6.00. The summed E-state index contributed by atoms with van der Waals surface area (Å²) in [6, 6.07) is 8.46. The van der Waals surface area contributed by atoms with Crippen LogP contribution in [0.4, 0.5) is 5.69 Å². The molecule has 1 aliphatic carbocycles. The molecule has 3 aromatic rings. The Kier molecular flexibility index (Phi) is 7.42. The second-order valence-electron chi connectivity index (χ2n) is 8.94. The van der Waals surface area contributed by atoms with Crippen molar-refractivity contribution in [1.82, 2.24) is 25.3 Å². The van der Waals surface area contributed by atoms with Gasteiger partial charge in [0.1, 0.15) is 11.7 Å². The van der Waals surface area contributed by atoms with E-state index in [1.54, 1.807) is 19.3 Å². The van der Waals surface area contributed by atoms with E-state index in [0.29, 0.717) is 17.1 Å². The minimum absolute atomic E-state index is 0.0830. The molecule has 2 amide bonds. The topological polar surface area (TPSA) is 125 Å². The van der Waals surface area contributed by atoms with Gasteiger partial charge in [0.05, 0.1) is 12.3 Å². The number of anilines is 1. The summed E-state index contributed by atoms with van der Waals surface area (Å²) in [7, 11) is 1.71. The maximum Gasteiger partial charge on any atom is 0.270 e. The molecular formula is C25H32N6O3. The van der Waals surface area contributed by atoms with Crippen molar-refractivity contribution in [3.05, 3.63) is 53.6 Å². The zero-order valence-corrected chi connectivity index (χ0v) is 19.7. The number of benzene rings is 1. The summed E-state index contributed by atoms with van der Waals surface area (Å²) in [4.78, 5) is 26.3. The second kappa shape index (κ2) is 10.6. The Labute approximate surface area is 199 Å². The highest BCUT2D eigenvalue weighted by Crippen LogP contribution is 2.29. The first-order valence-corrected chi connectivity index (χ1v) is 11.8. The number of nitrogens with zero attached hydrogens (tertiary/aromatic N) is 3. The lowest BCUT2D eigenvalue weighted by molar-refractivity contribution is -0.119. The molecule has 180 valence electrons. The summed E-state index contributed by atoms with van der Waals surface area (Å²) < 4.78 is 1.51. The third kappa shape index (κ3) is 5.20. The fourth-order valence-electron chi connectivity index (χ4n) is 4.77. The predicted molar refractivity (Wildman–Crippen MR) is 129 cm³/mol. The van der Waals surface area contributed by atoms with Gasteiger partial charge in [0, 0.05) is 30.2 Å². The molecule has 0 radical (unpaired) electrons. The first-order valence-electron chi connectivity index (χ1n) is 11.8. The molecule has 2 aromatic heterocycles. The first kappa shape index (κ1) is 23.7. The molecule has 0 aliphatic heterocycles. The van der Waals surface area contributed by atoms with E-state index in [4.69, 9.17) is 0 Å². The Morgan fingerprint density at radius 3 is 2.47 bits per heavy atom. The average molecular weight is 465 g/mol. The lowest BCUT2D eigenvalue weighted by atomic mass is 9.91. The molecule has 1 unspecified atom stereocenters. The summed E-state index contributed by atoms with van der Waals surface area (Å²) in [5.74, 6) is -0.433. The van der Waals surface area contributed by atoms with Gasteiger partial charge in [-0.05, 0) is 49.4 Å². The van der Waals surface area contributed by atoms with Crippen molar-refractivity contribution < 1.29 is 14.7 Å². The monoisotopic (exact) mass is 464 g/mol. The van der Waals surface area contributed by atoms with Crippen LogP contribution in [0.25, 0.3) is 11.1 Å². The van der Waals surface area contributed by atoms with Crippen molar-refractivity contribution in [2.75, 3.05) is 5.32 Å². The number of aliphatic hydroxyl groups excluding tert-OH is 1. The molecule has 0 saturated heterocycles. The predicted octanol–water partition coefficient (Wildman–Crippen LogP) is 3.32. The van der Waals surface area contributed by atoms with Crippen LogP contribution in [0.15, 0.2) is 36.5 Å². The van der Waals surface area contributed by atoms with E-state index < -0.39 is 6.04 Å². The number of amides is 2. The fourth-order valence-corrected chi connectivity index (χ4v) is 4.77. The van der Waals surface area contributed by atoms with Crippen LogP contribution in [-0.2, 0) is 18.4 Å². The Hall–Kier alpha value is -3.46. The molecule has 1 saturated carbocycles. The van der Waals surface area contributed by atoms with E-state index >= 15 is 0 Å². The number of aromatic amines is 1. The highest BCUT2D eigenvalue weighted by atomic mass is 16.3. The second-order valence-corrected chi connectivity index (χ2v) is 8.94. The van der Waals surface area contributed by atoms with E-state index in [9.17, 15) is 14.7 Å². The molecule has 1 aliphatic rings. The van der Waals surface area contributed by atoms with Crippen molar-refractivity contribution in [3.63, 3.8) is 0 Å². The van der Waals surface area contributed by atoms with Gasteiger partial charge in [-0.1, -0.05) is 37.8 Å². The van der Waals surface area contributed by atoms with E-state index in [1.807, 2.05) is 31.2 Å². The molecule has 1 atom stereocenters. The van der Waals surface area contributed by atoms with Gasteiger partial charge in [-0.25, -0.2) is 0 Å². The van der Waals surface area contributed by atoms with Crippen molar-refractivity contribution in [3.8, 4) is 11.1 Å². The van der Waals surface area contributed by atoms with Gasteiger partial charge in [-0.3, -0.25) is 19.4 Å². The number of aryl methyl sites for hydroxylation is 2. The van der Waals surface area contributed by atoms with Crippen LogP contribution in [0.3, 0.4) is 0 Å². The van der Waals surface area contributed by atoms with E-state index in [-0.39, 0.29) is 24.3 Å². The van der Waals surface area contributed by atoms with Gasteiger partial charge in [-0.15, -0.1) is 0 Å². The molecule has 1 aromatic carbocycles. The van der Waals surface area contributed by atoms with Crippen LogP contribution < -0.4 is 10.6 Å². The third-order valence-corrected chi connectivity index (χ3v) is 6.61. The summed E-state index contributed by atoms with van der Waals surface area (Å²) in [5, 5.41) is 26.6. The molecule has 9 heteroatoms. The van der Waals surface area contributed by atoms with E-state index in [2.05, 4.69) is 25.9 Å². The normalized spacial score (nSPS) is 15.5. The van der Waals surface area contributed by atoms with Crippen molar-refractivity contribution >= 4 is 17.5 Å². The quantitative estimate of drug-likeness (QED) is 0.399. The Bertz CT molecular complexity index is 1130. The summed E-state index contributed by atoms with van der Waals surface area (Å²) in [5.41, 5.74) is 4.28. The number of carbonyl (C=O) groups excluding carboxylic acids is 2. The molecular weight excluding hydrogens is 432 g/mol. The summed E-state index contributed by atoms with van der Waals surface area (Å²) >= 11 is 0. The molecule has 1 fully saturated rings. The molecule has 0 spiro atoms. The standard InChI is InChI=1S/C25H32N6O3/c1-16-22(20(15-32)30-29-16)17-9-11-19(12-10-17)27-25(34)23(18-7-5-3-4-6-8-18)28-24(33)21-13-14-26-31(21)2/h9-14,18,23,32H,3-8,15H2,1-2H3,(H,27,34)(H,28,33)(H,29,30). The fraction of sp³-hybridized carbons (Fsp3) is 0.440. The number of hydrogen-bond donors (Lipinski definition) is 4. The molecule has 4 rings (SSSR count). The highest BCUT2D eigenvalue weighted by Gasteiger charge is 2.31. The van der Waals surface area contributed by atoms with Crippen LogP contribution in [0.5, 0.6) is 0 Å². The molecule has 34 heavy (non-hydrogen) atoms. The SMILES string of the molecule is Cc1[nH]nc(CO)c1-c1ccc(NC(=O)C(NC(=O)c2ccnn2C)C2CCCCCC2)cc1.